The molecule has 2 aliphatic rings. The van der Waals surface area contributed by atoms with E-state index in [-0.39, 0.29) is 0 Å². The third-order valence-corrected chi connectivity index (χ3v) is 5.21. The molecule has 2 unspecified atom stereocenters. The van der Waals surface area contributed by atoms with Crippen molar-refractivity contribution < 1.29 is 4.52 Å². The number of likely N-dealkylation sites (tertiary alicyclic amines) is 1. The van der Waals surface area contributed by atoms with Crippen molar-refractivity contribution >= 4 is 5.82 Å². The van der Waals surface area contributed by atoms with Gasteiger partial charge in [0.1, 0.15) is 12.1 Å². The topological polar surface area (TPSA) is 58.3 Å². The van der Waals surface area contributed by atoms with Gasteiger partial charge in [0, 0.05) is 44.0 Å². The molecule has 24 heavy (non-hydrogen) atoms. The molecular weight excluding hydrogens is 302 g/mol. The van der Waals surface area contributed by atoms with Gasteiger partial charge in [-0.05, 0) is 24.7 Å². The molecule has 0 radical (unpaired) electrons. The number of aryl methyl sites for hydroxylation is 1. The maximum absolute atomic E-state index is 5.36. The van der Waals surface area contributed by atoms with Crippen LogP contribution in [-0.2, 0) is 6.54 Å². The molecule has 0 amide bonds. The van der Waals surface area contributed by atoms with E-state index >= 15 is 0 Å². The third kappa shape index (κ3) is 3.02. The van der Waals surface area contributed by atoms with Gasteiger partial charge < -0.3 is 9.42 Å². The molecule has 0 saturated carbocycles. The summed E-state index contributed by atoms with van der Waals surface area (Å²) in [7, 11) is 0. The van der Waals surface area contributed by atoms with Crippen molar-refractivity contribution in [3.63, 3.8) is 0 Å². The quantitative estimate of drug-likeness (QED) is 0.860. The minimum atomic E-state index is 0.440. The molecule has 0 bridgehead atoms. The first-order valence-electron chi connectivity index (χ1n) is 8.80. The minimum Gasteiger partial charge on any atom is -0.360 e. The first-order chi connectivity index (χ1) is 11.6. The van der Waals surface area contributed by atoms with Crippen LogP contribution >= 0.6 is 0 Å². The average Bonchev–Trinajstić information content (AvgIpc) is 3.22. The maximum atomic E-state index is 5.36. The van der Waals surface area contributed by atoms with E-state index in [0.717, 1.165) is 55.7 Å². The zero-order valence-corrected chi connectivity index (χ0v) is 14.6. The van der Waals surface area contributed by atoms with Crippen LogP contribution in [-0.4, -0.2) is 46.2 Å². The van der Waals surface area contributed by atoms with Gasteiger partial charge in [0.2, 0.25) is 0 Å². The van der Waals surface area contributed by atoms with E-state index in [4.69, 9.17) is 4.52 Å². The van der Waals surface area contributed by atoms with Crippen molar-refractivity contribution in [3.8, 4) is 0 Å². The van der Waals surface area contributed by atoms with E-state index in [0.29, 0.717) is 17.8 Å². The lowest BCUT2D eigenvalue weighted by Crippen LogP contribution is -2.29. The minimum absolute atomic E-state index is 0.440. The van der Waals surface area contributed by atoms with Gasteiger partial charge in [-0.25, -0.2) is 9.97 Å². The lowest BCUT2D eigenvalue weighted by atomic mass is 10.0. The van der Waals surface area contributed by atoms with Crippen LogP contribution in [0.1, 0.15) is 36.9 Å². The summed E-state index contributed by atoms with van der Waals surface area (Å²) in [6.07, 6.45) is 1.71. The fraction of sp³-hybridized carbons (Fsp3) is 0.611. The van der Waals surface area contributed by atoms with Crippen molar-refractivity contribution in [2.24, 2.45) is 11.8 Å². The number of nitrogens with zero attached hydrogens (tertiary/aromatic N) is 5. The Labute approximate surface area is 142 Å². The molecule has 2 aromatic rings. The Bertz CT molecular complexity index is 699. The number of fused-ring (bicyclic) bond motifs is 1. The Kier molecular flexibility index (Phi) is 4.00. The zero-order valence-electron chi connectivity index (χ0n) is 14.6. The first-order valence-corrected chi connectivity index (χ1v) is 8.80. The van der Waals surface area contributed by atoms with Gasteiger partial charge in [0.05, 0.1) is 12.2 Å². The van der Waals surface area contributed by atoms with Gasteiger partial charge in [0.25, 0.3) is 0 Å². The highest BCUT2D eigenvalue weighted by Crippen LogP contribution is 2.34. The standard InChI is InChI=1S/C18H25N5O/c1-12(2)17-5-18(20-11-19-17)23-8-14-6-22(7-15(14)9-23)10-16-4-13(3)21-24-16/h4-5,11-12,14-15H,6-10H2,1-3H3. The van der Waals surface area contributed by atoms with Crippen LogP contribution in [0.5, 0.6) is 0 Å². The van der Waals surface area contributed by atoms with Crippen molar-refractivity contribution in [2.45, 2.75) is 33.2 Å². The van der Waals surface area contributed by atoms with Gasteiger partial charge in [0.15, 0.2) is 5.76 Å². The van der Waals surface area contributed by atoms with Crippen LogP contribution in [0, 0.1) is 18.8 Å². The number of anilines is 1. The summed E-state index contributed by atoms with van der Waals surface area (Å²) in [6, 6.07) is 4.19. The van der Waals surface area contributed by atoms with Crippen LogP contribution in [0.4, 0.5) is 5.82 Å². The monoisotopic (exact) mass is 327 g/mol. The number of rotatable bonds is 4. The predicted molar refractivity (Wildman–Crippen MR) is 91.8 cm³/mol. The highest BCUT2D eigenvalue weighted by atomic mass is 16.5. The molecule has 2 fully saturated rings. The molecule has 6 nitrogen and oxygen atoms in total. The zero-order chi connectivity index (χ0) is 16.7. The molecule has 6 heteroatoms. The van der Waals surface area contributed by atoms with E-state index in [9.17, 15) is 0 Å². The van der Waals surface area contributed by atoms with Crippen molar-refractivity contribution in [3.05, 3.63) is 35.6 Å². The lowest BCUT2D eigenvalue weighted by molar-refractivity contribution is 0.260. The van der Waals surface area contributed by atoms with Crippen LogP contribution in [0.15, 0.2) is 23.0 Å². The second kappa shape index (κ2) is 6.16. The second-order valence-corrected chi connectivity index (χ2v) is 7.51. The Morgan fingerprint density at radius 1 is 1.12 bits per heavy atom. The van der Waals surface area contributed by atoms with E-state index < -0.39 is 0 Å². The Balaban J connectivity index is 1.38. The van der Waals surface area contributed by atoms with Gasteiger partial charge in [-0.15, -0.1) is 0 Å². The molecule has 0 N–H and O–H groups in total. The third-order valence-electron chi connectivity index (χ3n) is 5.21. The number of aromatic nitrogens is 3. The van der Waals surface area contributed by atoms with Crippen LogP contribution in [0.3, 0.4) is 0 Å². The molecule has 4 heterocycles. The summed E-state index contributed by atoms with van der Waals surface area (Å²) in [6.45, 7) is 11.6. The molecule has 0 aliphatic carbocycles. The Hall–Kier alpha value is -1.95. The van der Waals surface area contributed by atoms with Crippen LogP contribution < -0.4 is 4.90 Å². The highest BCUT2D eigenvalue weighted by molar-refractivity contribution is 5.41. The maximum Gasteiger partial charge on any atom is 0.150 e. The normalized spacial score (nSPS) is 24.1. The summed E-state index contributed by atoms with van der Waals surface area (Å²) in [4.78, 5) is 13.8. The number of hydrogen-bond acceptors (Lipinski definition) is 6. The Morgan fingerprint density at radius 3 is 2.50 bits per heavy atom. The summed E-state index contributed by atoms with van der Waals surface area (Å²) in [5.41, 5.74) is 2.08. The van der Waals surface area contributed by atoms with Crippen molar-refractivity contribution in [1.82, 2.24) is 20.0 Å². The molecule has 2 aliphatic heterocycles. The number of hydrogen-bond donors (Lipinski definition) is 0. The molecule has 0 spiro atoms. The first kappa shape index (κ1) is 15.6. The molecule has 2 atom stereocenters. The summed E-state index contributed by atoms with van der Waals surface area (Å²) >= 11 is 0. The van der Waals surface area contributed by atoms with Gasteiger partial charge in [-0.3, -0.25) is 4.90 Å². The van der Waals surface area contributed by atoms with E-state index in [1.165, 1.54) is 0 Å². The fourth-order valence-corrected chi connectivity index (χ4v) is 3.97. The van der Waals surface area contributed by atoms with Crippen molar-refractivity contribution in [2.75, 3.05) is 31.1 Å². The van der Waals surface area contributed by atoms with Gasteiger partial charge in [-0.2, -0.15) is 0 Å². The largest absolute Gasteiger partial charge is 0.360 e. The van der Waals surface area contributed by atoms with Crippen LogP contribution in [0.2, 0.25) is 0 Å². The molecule has 4 rings (SSSR count). The SMILES string of the molecule is Cc1cc(CN2CC3CN(c4cc(C(C)C)ncn4)CC3C2)on1. The molecule has 128 valence electrons. The van der Waals surface area contributed by atoms with E-state index in [2.05, 4.69) is 44.8 Å². The van der Waals surface area contributed by atoms with Gasteiger partial charge >= 0.3 is 0 Å². The van der Waals surface area contributed by atoms with Gasteiger partial charge in [-0.1, -0.05) is 19.0 Å². The molecule has 2 aromatic heterocycles. The molecule has 0 aromatic carbocycles. The fourth-order valence-electron chi connectivity index (χ4n) is 3.97. The second-order valence-electron chi connectivity index (χ2n) is 7.51. The van der Waals surface area contributed by atoms with E-state index in [1.807, 2.05) is 13.0 Å². The van der Waals surface area contributed by atoms with E-state index in [1.54, 1.807) is 6.33 Å². The summed E-state index contributed by atoms with van der Waals surface area (Å²) in [5, 5.41) is 3.98. The highest BCUT2D eigenvalue weighted by Gasteiger charge is 2.40. The smallest absolute Gasteiger partial charge is 0.150 e. The Morgan fingerprint density at radius 2 is 1.88 bits per heavy atom. The molecular formula is C18H25N5O. The lowest BCUT2D eigenvalue weighted by Gasteiger charge is -2.22. The summed E-state index contributed by atoms with van der Waals surface area (Å²) in [5.74, 6) is 3.93. The summed E-state index contributed by atoms with van der Waals surface area (Å²) < 4.78 is 5.36. The molecule has 2 saturated heterocycles. The van der Waals surface area contributed by atoms with Crippen LogP contribution in [0.25, 0.3) is 0 Å². The van der Waals surface area contributed by atoms with Crippen molar-refractivity contribution in [1.29, 1.82) is 0 Å². The average molecular weight is 327 g/mol. The predicted octanol–water partition coefficient (Wildman–Crippen LogP) is 2.46.